The van der Waals surface area contributed by atoms with Crippen LogP contribution < -0.4 is 10.2 Å². The van der Waals surface area contributed by atoms with Crippen LogP contribution in [0.25, 0.3) is 5.65 Å². The van der Waals surface area contributed by atoms with E-state index >= 15 is 0 Å². The van der Waals surface area contributed by atoms with Crippen molar-refractivity contribution in [2.75, 3.05) is 31.7 Å². The number of pyridine rings is 1. The third-order valence-electron chi connectivity index (χ3n) is 5.98. The van der Waals surface area contributed by atoms with Gasteiger partial charge in [-0.2, -0.15) is 0 Å². The third kappa shape index (κ3) is 4.86. The van der Waals surface area contributed by atoms with Crippen molar-refractivity contribution in [3.8, 4) is 0 Å². The fourth-order valence-electron chi connectivity index (χ4n) is 4.24. The van der Waals surface area contributed by atoms with Crippen LogP contribution in [-0.2, 0) is 17.7 Å². The zero-order chi connectivity index (χ0) is 21.8. The number of aryl methyl sites for hydroxylation is 1. The number of hydrogen-bond acceptors (Lipinski definition) is 4. The fraction of sp³-hybridized carbons (Fsp3) is 0.417. The molecule has 1 aliphatic heterocycles. The highest BCUT2D eigenvalue weighted by Crippen LogP contribution is 2.24. The van der Waals surface area contributed by atoms with Gasteiger partial charge in [-0.05, 0) is 55.0 Å². The van der Waals surface area contributed by atoms with Crippen molar-refractivity contribution in [3.05, 3.63) is 64.6 Å². The Morgan fingerprint density at radius 1 is 1.19 bits per heavy atom. The normalized spacial score (nSPS) is 14.9. The summed E-state index contributed by atoms with van der Waals surface area (Å²) in [6, 6.07) is 12.1. The molecule has 0 unspecified atom stereocenters. The molecular formula is C24H29ClN4O2. The van der Waals surface area contributed by atoms with Crippen molar-refractivity contribution in [2.45, 2.75) is 32.7 Å². The first kappa shape index (κ1) is 21.7. The molecule has 0 saturated carbocycles. The Hall–Kier alpha value is -2.57. The topological polar surface area (TPSA) is 58.9 Å². The zero-order valence-corrected chi connectivity index (χ0v) is 18.9. The van der Waals surface area contributed by atoms with E-state index < -0.39 is 0 Å². The Kier molecular flexibility index (Phi) is 6.78. The predicted molar refractivity (Wildman–Crippen MR) is 124 cm³/mol. The maximum absolute atomic E-state index is 12.9. The second-order valence-corrected chi connectivity index (χ2v) is 8.51. The average molecular weight is 441 g/mol. The summed E-state index contributed by atoms with van der Waals surface area (Å²) < 4.78 is 7.06. The number of amides is 1. The van der Waals surface area contributed by atoms with Gasteiger partial charge in [0.2, 0.25) is 0 Å². The van der Waals surface area contributed by atoms with Crippen LogP contribution in [0.5, 0.6) is 0 Å². The number of imidazole rings is 1. The molecule has 1 aliphatic rings. The van der Waals surface area contributed by atoms with E-state index in [-0.39, 0.29) is 5.91 Å². The minimum atomic E-state index is -0.143. The van der Waals surface area contributed by atoms with Crippen LogP contribution >= 0.6 is 11.6 Å². The van der Waals surface area contributed by atoms with Gasteiger partial charge in [0.15, 0.2) is 0 Å². The molecule has 1 fully saturated rings. The number of anilines is 1. The van der Waals surface area contributed by atoms with Crippen molar-refractivity contribution in [3.63, 3.8) is 0 Å². The second-order valence-electron chi connectivity index (χ2n) is 8.07. The molecule has 7 heteroatoms. The second kappa shape index (κ2) is 9.71. The van der Waals surface area contributed by atoms with E-state index in [0.717, 1.165) is 49.4 Å². The highest BCUT2D eigenvalue weighted by Gasteiger charge is 2.20. The van der Waals surface area contributed by atoms with Gasteiger partial charge in [0.1, 0.15) is 11.3 Å². The molecule has 31 heavy (non-hydrogen) atoms. The first-order chi connectivity index (χ1) is 15.1. The van der Waals surface area contributed by atoms with Gasteiger partial charge < -0.3 is 15.0 Å². The number of benzene rings is 1. The summed E-state index contributed by atoms with van der Waals surface area (Å²) in [6.45, 7) is 5.43. The quantitative estimate of drug-likeness (QED) is 0.593. The molecule has 0 atom stereocenters. The van der Waals surface area contributed by atoms with Crippen molar-refractivity contribution in [1.29, 1.82) is 0 Å². The Morgan fingerprint density at radius 3 is 2.61 bits per heavy atom. The summed E-state index contributed by atoms with van der Waals surface area (Å²) in [7, 11) is 1.78. The Balaban J connectivity index is 1.39. The number of aromatic nitrogens is 2. The number of carbonyl (C=O) groups excluding carboxylic acids is 1. The summed E-state index contributed by atoms with van der Waals surface area (Å²) in [6.07, 6.45) is 4.74. The van der Waals surface area contributed by atoms with Gasteiger partial charge in [0, 0.05) is 45.2 Å². The molecule has 2 aromatic heterocycles. The van der Waals surface area contributed by atoms with E-state index in [9.17, 15) is 4.79 Å². The summed E-state index contributed by atoms with van der Waals surface area (Å²) in [5.41, 5.74) is 4.35. The van der Waals surface area contributed by atoms with Gasteiger partial charge in [-0.3, -0.25) is 9.20 Å². The maximum atomic E-state index is 12.9. The maximum Gasteiger partial charge on any atom is 0.270 e. The van der Waals surface area contributed by atoms with E-state index in [0.29, 0.717) is 29.6 Å². The zero-order valence-electron chi connectivity index (χ0n) is 18.1. The summed E-state index contributed by atoms with van der Waals surface area (Å²) in [5, 5.41) is 3.61. The lowest BCUT2D eigenvalue weighted by molar-refractivity contribution is 0.0944. The van der Waals surface area contributed by atoms with E-state index in [4.69, 9.17) is 16.3 Å². The number of nitrogens with zero attached hydrogens (tertiary/aromatic N) is 3. The van der Waals surface area contributed by atoms with Gasteiger partial charge in [-0.15, -0.1) is 0 Å². The molecule has 1 saturated heterocycles. The van der Waals surface area contributed by atoms with E-state index in [2.05, 4.69) is 39.5 Å². The van der Waals surface area contributed by atoms with Crippen LogP contribution in [0.4, 0.5) is 5.69 Å². The van der Waals surface area contributed by atoms with Crippen LogP contribution in [0.1, 0.15) is 41.5 Å². The van der Waals surface area contributed by atoms with Crippen LogP contribution in [0, 0.1) is 5.92 Å². The SMILES string of the molecule is CCc1nc2ccc(Cl)cn2c1C(=O)NCc1ccc(N2CCC(COC)CC2)cc1. The van der Waals surface area contributed by atoms with E-state index in [1.807, 2.05) is 13.0 Å². The number of piperidine rings is 1. The van der Waals surface area contributed by atoms with Gasteiger partial charge in [-0.25, -0.2) is 4.98 Å². The number of hydrogen-bond donors (Lipinski definition) is 1. The van der Waals surface area contributed by atoms with Crippen LogP contribution in [0.15, 0.2) is 42.6 Å². The number of carbonyl (C=O) groups is 1. The third-order valence-corrected chi connectivity index (χ3v) is 6.20. The Bertz CT molecular complexity index is 1040. The largest absolute Gasteiger partial charge is 0.384 e. The summed E-state index contributed by atoms with van der Waals surface area (Å²) >= 11 is 6.13. The number of halogens is 1. The molecular weight excluding hydrogens is 412 g/mol. The van der Waals surface area contributed by atoms with Crippen molar-refractivity contribution in [1.82, 2.24) is 14.7 Å². The number of methoxy groups -OCH3 is 1. The molecule has 3 heterocycles. The first-order valence-corrected chi connectivity index (χ1v) is 11.2. The Morgan fingerprint density at radius 2 is 1.94 bits per heavy atom. The number of fused-ring (bicyclic) bond motifs is 1. The smallest absolute Gasteiger partial charge is 0.270 e. The van der Waals surface area contributed by atoms with Crippen LogP contribution in [0.3, 0.4) is 0 Å². The summed E-state index contributed by atoms with van der Waals surface area (Å²) in [4.78, 5) is 19.9. The van der Waals surface area contributed by atoms with Gasteiger partial charge >= 0.3 is 0 Å². The van der Waals surface area contributed by atoms with Gasteiger partial charge in [0.25, 0.3) is 5.91 Å². The lowest BCUT2D eigenvalue weighted by atomic mass is 9.97. The Labute approximate surface area is 188 Å². The lowest BCUT2D eigenvalue weighted by Crippen LogP contribution is -2.34. The van der Waals surface area contributed by atoms with Crippen LogP contribution in [-0.4, -0.2) is 42.1 Å². The van der Waals surface area contributed by atoms with E-state index in [1.165, 1.54) is 5.69 Å². The molecule has 0 bridgehead atoms. The molecule has 6 nitrogen and oxygen atoms in total. The molecule has 4 rings (SSSR count). The molecule has 1 aromatic carbocycles. The molecule has 164 valence electrons. The van der Waals surface area contributed by atoms with Crippen molar-refractivity contribution in [2.24, 2.45) is 5.92 Å². The highest BCUT2D eigenvalue weighted by atomic mass is 35.5. The first-order valence-electron chi connectivity index (χ1n) is 10.9. The standard InChI is InChI=1S/C24H29ClN4O2/c1-3-21-23(29-15-19(25)6-9-22(29)27-21)24(30)26-14-17-4-7-20(8-5-17)28-12-10-18(11-13-28)16-31-2/h4-9,15,18H,3,10-14,16H2,1-2H3,(H,26,30). The molecule has 0 spiro atoms. The number of rotatable bonds is 7. The van der Waals surface area contributed by atoms with Crippen LogP contribution in [0.2, 0.25) is 5.02 Å². The van der Waals surface area contributed by atoms with E-state index in [1.54, 1.807) is 23.8 Å². The summed E-state index contributed by atoms with van der Waals surface area (Å²) in [5.74, 6) is 0.522. The molecule has 0 radical (unpaired) electrons. The lowest BCUT2D eigenvalue weighted by Gasteiger charge is -2.33. The fourth-order valence-corrected chi connectivity index (χ4v) is 4.40. The average Bonchev–Trinajstić information content (AvgIpc) is 3.16. The highest BCUT2D eigenvalue weighted by molar-refractivity contribution is 6.30. The number of nitrogens with one attached hydrogen (secondary N) is 1. The monoisotopic (exact) mass is 440 g/mol. The van der Waals surface area contributed by atoms with Crippen molar-refractivity contribution >= 4 is 28.8 Å². The number of ether oxygens (including phenoxy) is 1. The molecule has 1 amide bonds. The minimum Gasteiger partial charge on any atom is -0.384 e. The van der Waals surface area contributed by atoms with Crippen molar-refractivity contribution < 1.29 is 9.53 Å². The molecule has 3 aromatic rings. The predicted octanol–water partition coefficient (Wildman–Crippen LogP) is 4.34. The van der Waals surface area contributed by atoms with Gasteiger partial charge in [0.05, 0.1) is 10.7 Å². The van der Waals surface area contributed by atoms with Gasteiger partial charge in [-0.1, -0.05) is 30.7 Å². The molecule has 0 aliphatic carbocycles. The minimum absolute atomic E-state index is 0.143. The molecule has 1 N–H and O–H groups in total.